The highest BCUT2D eigenvalue weighted by Gasteiger charge is 2.29. The van der Waals surface area contributed by atoms with E-state index in [0.717, 1.165) is 6.54 Å². The molecule has 6 heteroatoms. The van der Waals surface area contributed by atoms with Crippen LogP contribution in [0.5, 0.6) is 0 Å². The standard InChI is InChI=1S/C11H21ClN4O/c1-11(17,4-5-13)10-9(12)8-14-16(10)7-6-15(2)3/h8,17H,4-7,13H2,1-3H3. The smallest absolute Gasteiger partial charge is 0.106 e. The topological polar surface area (TPSA) is 67.3 Å². The first-order valence-electron chi connectivity index (χ1n) is 5.67. The molecule has 1 heterocycles. The van der Waals surface area contributed by atoms with Crippen LogP contribution in [-0.4, -0.2) is 47.0 Å². The molecule has 0 bridgehead atoms. The van der Waals surface area contributed by atoms with Crippen molar-refractivity contribution in [3.8, 4) is 0 Å². The normalized spacial score (nSPS) is 15.2. The molecule has 0 aliphatic heterocycles. The molecule has 0 amide bonds. The van der Waals surface area contributed by atoms with Crippen LogP contribution in [0.2, 0.25) is 5.02 Å². The molecule has 5 nitrogen and oxygen atoms in total. The molecule has 0 aliphatic carbocycles. The van der Waals surface area contributed by atoms with E-state index in [0.29, 0.717) is 30.2 Å². The Morgan fingerprint density at radius 1 is 1.59 bits per heavy atom. The van der Waals surface area contributed by atoms with Gasteiger partial charge in [-0.3, -0.25) is 4.68 Å². The summed E-state index contributed by atoms with van der Waals surface area (Å²) in [5, 5.41) is 15.0. The molecule has 0 aromatic carbocycles. The van der Waals surface area contributed by atoms with Gasteiger partial charge in [0, 0.05) is 6.54 Å². The lowest BCUT2D eigenvalue weighted by Gasteiger charge is -2.25. The number of halogens is 1. The monoisotopic (exact) mass is 260 g/mol. The van der Waals surface area contributed by atoms with Gasteiger partial charge >= 0.3 is 0 Å². The van der Waals surface area contributed by atoms with Gasteiger partial charge in [0.25, 0.3) is 0 Å². The predicted molar refractivity (Wildman–Crippen MR) is 69.0 cm³/mol. The van der Waals surface area contributed by atoms with Gasteiger partial charge in [0.2, 0.25) is 0 Å². The Morgan fingerprint density at radius 3 is 2.76 bits per heavy atom. The molecule has 0 spiro atoms. The number of nitrogens with two attached hydrogens (primary N) is 1. The summed E-state index contributed by atoms with van der Waals surface area (Å²) < 4.78 is 1.75. The van der Waals surface area contributed by atoms with E-state index in [1.54, 1.807) is 17.8 Å². The Bertz CT molecular complexity index is 362. The van der Waals surface area contributed by atoms with Crippen molar-refractivity contribution >= 4 is 11.6 Å². The van der Waals surface area contributed by atoms with E-state index in [-0.39, 0.29) is 0 Å². The Kier molecular flexibility index (Phi) is 4.94. The second-order valence-corrected chi connectivity index (χ2v) is 5.09. The number of nitrogens with zero attached hydrogens (tertiary/aromatic N) is 3. The van der Waals surface area contributed by atoms with Crippen LogP contribution in [-0.2, 0) is 12.1 Å². The molecule has 0 radical (unpaired) electrons. The van der Waals surface area contributed by atoms with Gasteiger partial charge in [-0.25, -0.2) is 0 Å². The maximum Gasteiger partial charge on any atom is 0.106 e. The first-order chi connectivity index (χ1) is 7.88. The zero-order valence-electron chi connectivity index (χ0n) is 10.6. The molecule has 1 unspecified atom stereocenters. The third-order valence-corrected chi connectivity index (χ3v) is 2.97. The van der Waals surface area contributed by atoms with E-state index in [1.807, 2.05) is 14.1 Å². The van der Waals surface area contributed by atoms with Crippen LogP contribution in [0.4, 0.5) is 0 Å². The highest BCUT2D eigenvalue weighted by Crippen LogP contribution is 2.30. The molecule has 17 heavy (non-hydrogen) atoms. The molecule has 1 rings (SSSR count). The largest absolute Gasteiger partial charge is 0.384 e. The van der Waals surface area contributed by atoms with Crippen molar-refractivity contribution in [1.29, 1.82) is 0 Å². The van der Waals surface area contributed by atoms with E-state index in [2.05, 4.69) is 10.00 Å². The number of rotatable bonds is 6. The quantitative estimate of drug-likeness (QED) is 0.788. The highest BCUT2D eigenvalue weighted by molar-refractivity contribution is 6.31. The van der Waals surface area contributed by atoms with E-state index in [1.165, 1.54) is 0 Å². The lowest BCUT2D eigenvalue weighted by atomic mass is 9.98. The Labute approximate surface area is 107 Å². The van der Waals surface area contributed by atoms with E-state index in [4.69, 9.17) is 17.3 Å². The predicted octanol–water partition coefficient (Wildman–Crippen LogP) is 0.654. The average molecular weight is 261 g/mol. The van der Waals surface area contributed by atoms with Crippen molar-refractivity contribution in [3.63, 3.8) is 0 Å². The van der Waals surface area contributed by atoms with Gasteiger partial charge in [-0.1, -0.05) is 11.6 Å². The Balaban J connectivity index is 2.93. The minimum Gasteiger partial charge on any atom is -0.384 e. The molecular weight excluding hydrogens is 240 g/mol. The fraction of sp³-hybridized carbons (Fsp3) is 0.727. The lowest BCUT2D eigenvalue weighted by molar-refractivity contribution is 0.0406. The fourth-order valence-electron chi connectivity index (χ4n) is 1.76. The van der Waals surface area contributed by atoms with Crippen LogP contribution in [0.3, 0.4) is 0 Å². The lowest BCUT2D eigenvalue weighted by Crippen LogP contribution is -2.30. The van der Waals surface area contributed by atoms with Crippen LogP contribution in [0.15, 0.2) is 6.20 Å². The summed E-state index contributed by atoms with van der Waals surface area (Å²) in [6.07, 6.45) is 2.03. The van der Waals surface area contributed by atoms with Crippen molar-refractivity contribution in [1.82, 2.24) is 14.7 Å². The van der Waals surface area contributed by atoms with Crippen molar-refractivity contribution < 1.29 is 5.11 Å². The molecule has 1 atom stereocenters. The average Bonchev–Trinajstić information content (AvgIpc) is 2.57. The second-order valence-electron chi connectivity index (χ2n) is 4.68. The fourth-order valence-corrected chi connectivity index (χ4v) is 2.11. The maximum atomic E-state index is 10.4. The number of likely N-dealkylation sites (N-methyl/N-ethyl adjacent to an activating group) is 1. The van der Waals surface area contributed by atoms with Crippen LogP contribution < -0.4 is 5.73 Å². The van der Waals surface area contributed by atoms with E-state index >= 15 is 0 Å². The highest BCUT2D eigenvalue weighted by atomic mass is 35.5. The molecule has 1 aromatic rings. The number of hydrogen-bond donors (Lipinski definition) is 2. The molecule has 0 saturated carbocycles. The Morgan fingerprint density at radius 2 is 2.24 bits per heavy atom. The number of aromatic nitrogens is 2. The molecular formula is C11H21ClN4O. The molecule has 0 aliphatic rings. The summed E-state index contributed by atoms with van der Waals surface area (Å²) in [5.74, 6) is 0. The molecule has 1 aromatic heterocycles. The van der Waals surface area contributed by atoms with E-state index in [9.17, 15) is 5.11 Å². The van der Waals surface area contributed by atoms with Crippen molar-refractivity contribution in [2.45, 2.75) is 25.5 Å². The van der Waals surface area contributed by atoms with Gasteiger partial charge in [-0.05, 0) is 34.0 Å². The van der Waals surface area contributed by atoms with Crippen LogP contribution in [0, 0.1) is 0 Å². The zero-order chi connectivity index (χ0) is 13.1. The third kappa shape index (κ3) is 3.67. The van der Waals surface area contributed by atoms with Gasteiger partial charge in [-0.15, -0.1) is 0 Å². The third-order valence-electron chi connectivity index (χ3n) is 2.70. The number of hydrogen-bond acceptors (Lipinski definition) is 4. The minimum atomic E-state index is -1.03. The SMILES string of the molecule is CN(C)CCn1ncc(Cl)c1C(C)(O)CCN. The Hall–Kier alpha value is -0.620. The minimum absolute atomic E-state index is 0.405. The summed E-state index contributed by atoms with van der Waals surface area (Å²) in [7, 11) is 3.98. The summed E-state index contributed by atoms with van der Waals surface area (Å²) >= 11 is 6.08. The van der Waals surface area contributed by atoms with Gasteiger partial charge in [0.15, 0.2) is 0 Å². The van der Waals surface area contributed by atoms with Crippen molar-refractivity contribution in [2.24, 2.45) is 5.73 Å². The number of aliphatic hydroxyl groups is 1. The zero-order valence-corrected chi connectivity index (χ0v) is 11.4. The molecule has 98 valence electrons. The van der Waals surface area contributed by atoms with Gasteiger partial charge < -0.3 is 15.7 Å². The molecule has 0 fully saturated rings. The van der Waals surface area contributed by atoms with Gasteiger partial charge in [-0.2, -0.15) is 5.10 Å². The van der Waals surface area contributed by atoms with Gasteiger partial charge in [0.05, 0.1) is 23.5 Å². The summed E-state index contributed by atoms with van der Waals surface area (Å²) in [6, 6.07) is 0. The van der Waals surface area contributed by atoms with Crippen LogP contribution in [0.1, 0.15) is 19.0 Å². The first kappa shape index (κ1) is 14.4. The van der Waals surface area contributed by atoms with Gasteiger partial charge in [0.1, 0.15) is 5.60 Å². The van der Waals surface area contributed by atoms with Crippen LogP contribution in [0.25, 0.3) is 0 Å². The van der Waals surface area contributed by atoms with Crippen molar-refractivity contribution in [3.05, 3.63) is 16.9 Å². The van der Waals surface area contributed by atoms with Crippen molar-refractivity contribution in [2.75, 3.05) is 27.2 Å². The van der Waals surface area contributed by atoms with Crippen LogP contribution >= 0.6 is 11.6 Å². The summed E-state index contributed by atoms with van der Waals surface area (Å²) in [4.78, 5) is 2.05. The maximum absolute atomic E-state index is 10.4. The summed E-state index contributed by atoms with van der Waals surface area (Å²) in [5.41, 5.74) is 5.11. The summed E-state index contributed by atoms with van der Waals surface area (Å²) in [6.45, 7) is 3.65. The molecule has 0 saturated heterocycles. The molecule has 3 N–H and O–H groups in total. The second kappa shape index (κ2) is 5.82. The van der Waals surface area contributed by atoms with E-state index < -0.39 is 5.60 Å². The first-order valence-corrected chi connectivity index (χ1v) is 6.05.